The lowest BCUT2D eigenvalue weighted by molar-refractivity contribution is 0.0832. The second-order valence-electron chi connectivity index (χ2n) is 21.7. The maximum Gasteiger partial charge on any atom is -0.0241 e. The third-order valence-corrected chi connectivity index (χ3v) is 16.8. The molecule has 0 saturated heterocycles. The number of hydrogen-bond donors (Lipinski definition) is 0. The van der Waals surface area contributed by atoms with E-state index < -0.39 is 0 Å². The van der Waals surface area contributed by atoms with Gasteiger partial charge in [0.2, 0.25) is 0 Å². The van der Waals surface area contributed by atoms with Gasteiger partial charge in [-0.1, -0.05) is 127 Å². The molecule has 0 amide bonds. The van der Waals surface area contributed by atoms with Gasteiger partial charge in [0.25, 0.3) is 0 Å². The number of hydrogen-bond acceptors (Lipinski definition) is 0. The fourth-order valence-electron chi connectivity index (χ4n) is 14.1. The van der Waals surface area contributed by atoms with Crippen molar-refractivity contribution in [1.82, 2.24) is 0 Å². The van der Waals surface area contributed by atoms with Gasteiger partial charge in [-0.25, -0.2) is 0 Å². The Labute approximate surface area is 303 Å². The molecular formula is C48H88. The second-order valence-corrected chi connectivity index (χ2v) is 21.7. The summed E-state index contributed by atoms with van der Waals surface area (Å²) in [7, 11) is 0. The highest BCUT2D eigenvalue weighted by Crippen LogP contribution is 2.68. The highest BCUT2D eigenvalue weighted by molar-refractivity contribution is 5.08. The van der Waals surface area contributed by atoms with Crippen molar-refractivity contribution in [1.29, 1.82) is 0 Å². The molecule has 48 heavy (non-hydrogen) atoms. The smallest absolute Gasteiger partial charge is 0.0241 e. The van der Waals surface area contributed by atoms with Crippen LogP contribution in [0.2, 0.25) is 0 Å². The summed E-state index contributed by atoms with van der Waals surface area (Å²) in [6, 6.07) is 0. The lowest BCUT2D eigenvalue weighted by atomic mass is 9.63. The molecule has 0 heteroatoms. The SMILES string of the molecule is CC(C)C12CC3CC(CC1C3)C2.CC(C)C1CCCCCCC1.CC(C)C1C[C@H]2CCC[C@@H](C1)C2.CC1C[C@@H]2CC(C(C)C)C[C@H](C1)C2. The average molecular weight is 665 g/mol. The molecule has 9 fully saturated rings. The van der Waals surface area contributed by atoms with Gasteiger partial charge in [-0.15, -0.1) is 0 Å². The number of fused-ring (bicyclic) bond motifs is 4. The maximum atomic E-state index is 2.46. The van der Waals surface area contributed by atoms with E-state index in [1.807, 2.05) is 0 Å². The summed E-state index contributed by atoms with van der Waals surface area (Å²) in [4.78, 5) is 0. The first-order valence-corrected chi connectivity index (χ1v) is 22.9. The van der Waals surface area contributed by atoms with Gasteiger partial charge in [-0.05, 0) is 178 Å². The monoisotopic (exact) mass is 665 g/mol. The van der Waals surface area contributed by atoms with Crippen LogP contribution in [0.25, 0.3) is 0 Å². The van der Waals surface area contributed by atoms with E-state index in [1.54, 1.807) is 83.5 Å². The summed E-state index contributed by atoms with van der Waals surface area (Å²) < 4.78 is 0. The first kappa shape index (κ1) is 39.2. The van der Waals surface area contributed by atoms with Crippen molar-refractivity contribution < 1.29 is 0 Å². The van der Waals surface area contributed by atoms with Crippen molar-refractivity contribution >= 4 is 0 Å². The normalized spacial score (nSPS) is 41.9. The minimum absolute atomic E-state index is 0.827. The van der Waals surface area contributed by atoms with E-state index in [0.717, 1.165) is 94.2 Å². The van der Waals surface area contributed by atoms with Gasteiger partial charge in [-0.2, -0.15) is 0 Å². The Morgan fingerprint density at radius 1 is 0.375 bits per heavy atom. The second kappa shape index (κ2) is 18.2. The predicted octanol–water partition coefficient (Wildman–Crippen LogP) is 15.4. The molecule has 0 heterocycles. The van der Waals surface area contributed by atoms with Crippen LogP contribution in [0.3, 0.4) is 0 Å². The molecule has 0 aliphatic heterocycles. The van der Waals surface area contributed by atoms with Gasteiger partial charge in [0.05, 0.1) is 0 Å². The quantitative estimate of drug-likeness (QED) is 0.280. The van der Waals surface area contributed by atoms with Gasteiger partial charge in [0.15, 0.2) is 0 Å². The summed E-state index contributed by atoms with van der Waals surface area (Å²) >= 11 is 0. The molecule has 280 valence electrons. The van der Waals surface area contributed by atoms with Crippen LogP contribution in [0.4, 0.5) is 0 Å². The zero-order valence-corrected chi connectivity index (χ0v) is 34.4. The van der Waals surface area contributed by atoms with Crippen molar-refractivity contribution in [2.75, 3.05) is 0 Å². The Kier molecular flexibility index (Phi) is 14.8. The highest BCUT2D eigenvalue weighted by Gasteiger charge is 2.58. The summed E-state index contributed by atoms with van der Waals surface area (Å²) in [6.45, 7) is 21.8. The van der Waals surface area contributed by atoms with Crippen molar-refractivity contribution in [3.05, 3.63) is 0 Å². The molecule has 5 unspecified atom stereocenters. The van der Waals surface area contributed by atoms with Gasteiger partial charge in [-0.3, -0.25) is 0 Å². The van der Waals surface area contributed by atoms with E-state index in [0.29, 0.717) is 0 Å². The van der Waals surface area contributed by atoms with E-state index in [1.165, 1.54) is 64.2 Å². The van der Waals surface area contributed by atoms with E-state index in [-0.39, 0.29) is 0 Å². The maximum absolute atomic E-state index is 2.46. The molecule has 9 atom stereocenters. The first-order valence-electron chi connectivity index (χ1n) is 22.9. The van der Waals surface area contributed by atoms with Crippen LogP contribution < -0.4 is 0 Å². The van der Waals surface area contributed by atoms with E-state index in [2.05, 4.69) is 62.3 Å². The Morgan fingerprint density at radius 3 is 1.23 bits per heavy atom. The van der Waals surface area contributed by atoms with Crippen molar-refractivity contribution in [2.24, 2.45) is 94.2 Å². The Morgan fingerprint density at radius 2 is 0.792 bits per heavy atom. The molecule has 0 N–H and O–H groups in total. The molecule has 9 aliphatic carbocycles. The standard InChI is InChI=1S/C13H24.C12H20.C12H22.C11H22/c1-9(2)13-7-11-4-10(3)5-12(6-11)8-13;1-8(2)12-6-9-3-10(7-12)5-11(12)4-9;1-9(2)12-7-10-4-3-5-11(6-10)8-12;1-10(2)11-8-6-4-3-5-7-9-11/h9-13H,4-8H2,1-3H3;8-11H,3-7H2,1-2H3;9-12H,3-8H2,1-2H3;10-11H,3-9H2,1-2H3/t10?,11-,12+,13?;;10-,11+,12?;. The van der Waals surface area contributed by atoms with Crippen LogP contribution in [0.5, 0.6) is 0 Å². The third kappa shape index (κ3) is 10.5. The van der Waals surface area contributed by atoms with E-state index in [4.69, 9.17) is 0 Å². The molecule has 8 bridgehead atoms. The van der Waals surface area contributed by atoms with Crippen LogP contribution in [-0.2, 0) is 0 Å². The third-order valence-electron chi connectivity index (χ3n) is 16.8. The highest BCUT2D eigenvalue weighted by atomic mass is 14.6. The summed E-state index contributed by atoms with van der Waals surface area (Å²) in [5, 5.41) is 0. The predicted molar refractivity (Wildman–Crippen MR) is 212 cm³/mol. The molecule has 0 aromatic heterocycles. The van der Waals surface area contributed by atoms with Crippen LogP contribution in [0.1, 0.15) is 210 Å². The summed E-state index contributed by atoms with van der Waals surface area (Å²) in [6.07, 6.45) is 35.4. The van der Waals surface area contributed by atoms with Crippen molar-refractivity contribution in [3.8, 4) is 0 Å². The molecule has 0 aromatic carbocycles. The topological polar surface area (TPSA) is 0 Å². The molecule has 9 rings (SSSR count). The van der Waals surface area contributed by atoms with Gasteiger partial charge >= 0.3 is 0 Å². The molecule has 0 spiro atoms. The van der Waals surface area contributed by atoms with Crippen LogP contribution >= 0.6 is 0 Å². The molecule has 0 nitrogen and oxygen atoms in total. The van der Waals surface area contributed by atoms with Crippen LogP contribution in [-0.4, -0.2) is 0 Å². The van der Waals surface area contributed by atoms with Crippen molar-refractivity contribution in [3.63, 3.8) is 0 Å². The molecule has 0 radical (unpaired) electrons. The van der Waals surface area contributed by atoms with Gasteiger partial charge < -0.3 is 0 Å². The first-order chi connectivity index (χ1) is 22.9. The van der Waals surface area contributed by atoms with Gasteiger partial charge in [0, 0.05) is 0 Å². The Balaban J connectivity index is 0.000000125. The number of rotatable bonds is 4. The average Bonchev–Trinajstić information content (AvgIpc) is 3.41. The van der Waals surface area contributed by atoms with Crippen LogP contribution in [0.15, 0.2) is 0 Å². The summed E-state index contributed by atoms with van der Waals surface area (Å²) in [5.41, 5.74) is 0.827. The lowest BCUT2D eigenvalue weighted by Gasteiger charge is -2.43. The zero-order chi connectivity index (χ0) is 34.4. The molecule has 9 saturated carbocycles. The molecule has 9 aliphatic rings. The molecular weight excluding hydrogens is 577 g/mol. The fourth-order valence-corrected chi connectivity index (χ4v) is 14.1. The summed E-state index contributed by atoms with van der Waals surface area (Å²) in [5.74, 6) is 15.8. The fraction of sp³-hybridized carbons (Fsp3) is 1.00. The Bertz CT molecular complexity index is 855. The Hall–Kier alpha value is 0. The van der Waals surface area contributed by atoms with E-state index >= 15 is 0 Å². The van der Waals surface area contributed by atoms with Crippen LogP contribution in [0, 0.1) is 94.2 Å². The largest absolute Gasteiger partial charge is 0.0625 e. The van der Waals surface area contributed by atoms with E-state index in [9.17, 15) is 0 Å². The van der Waals surface area contributed by atoms with Crippen molar-refractivity contribution in [2.45, 2.75) is 210 Å². The zero-order valence-electron chi connectivity index (χ0n) is 34.4. The lowest BCUT2D eigenvalue weighted by Crippen LogP contribution is -2.32. The van der Waals surface area contributed by atoms with Gasteiger partial charge in [0.1, 0.15) is 0 Å². The minimum atomic E-state index is 0.827. The molecule has 0 aromatic rings. The minimum Gasteiger partial charge on any atom is -0.0625 e.